The highest BCUT2D eigenvalue weighted by molar-refractivity contribution is 5.50. The SMILES string of the molecule is C=C(C)COc1ccccc1C#Cc1ccc(C(F)(F)F)cc1. The van der Waals surface area contributed by atoms with Gasteiger partial charge in [0.1, 0.15) is 12.4 Å². The van der Waals surface area contributed by atoms with E-state index in [4.69, 9.17) is 4.74 Å². The Morgan fingerprint density at radius 1 is 1.04 bits per heavy atom. The van der Waals surface area contributed by atoms with E-state index in [-0.39, 0.29) is 0 Å². The van der Waals surface area contributed by atoms with Crippen molar-refractivity contribution in [3.8, 4) is 17.6 Å². The lowest BCUT2D eigenvalue weighted by Gasteiger charge is -2.07. The molecule has 0 aliphatic heterocycles. The van der Waals surface area contributed by atoms with E-state index in [1.165, 1.54) is 12.1 Å². The highest BCUT2D eigenvalue weighted by atomic mass is 19.4. The van der Waals surface area contributed by atoms with Crippen molar-refractivity contribution in [1.82, 2.24) is 0 Å². The summed E-state index contributed by atoms with van der Waals surface area (Å²) in [6.45, 7) is 6.01. The molecule has 0 aliphatic carbocycles. The van der Waals surface area contributed by atoms with E-state index in [0.717, 1.165) is 17.7 Å². The number of para-hydroxylation sites is 1. The van der Waals surface area contributed by atoms with Gasteiger partial charge < -0.3 is 4.74 Å². The van der Waals surface area contributed by atoms with Crippen LogP contribution in [-0.2, 0) is 6.18 Å². The second-order valence-corrected chi connectivity index (χ2v) is 5.07. The summed E-state index contributed by atoms with van der Waals surface area (Å²) in [5.74, 6) is 6.39. The molecule has 0 fully saturated rings. The predicted molar refractivity (Wildman–Crippen MR) is 84.2 cm³/mol. The van der Waals surface area contributed by atoms with Crippen LogP contribution in [0.15, 0.2) is 60.7 Å². The molecule has 0 aliphatic rings. The van der Waals surface area contributed by atoms with Gasteiger partial charge in [-0.3, -0.25) is 0 Å². The molecule has 0 spiro atoms. The zero-order chi connectivity index (χ0) is 16.9. The van der Waals surface area contributed by atoms with Crippen LogP contribution in [0.3, 0.4) is 0 Å². The first-order valence-electron chi connectivity index (χ1n) is 6.92. The Morgan fingerprint density at radius 3 is 2.30 bits per heavy atom. The first-order valence-corrected chi connectivity index (χ1v) is 6.92. The summed E-state index contributed by atoms with van der Waals surface area (Å²) in [5, 5.41) is 0. The van der Waals surface area contributed by atoms with Gasteiger partial charge in [-0.1, -0.05) is 30.6 Å². The third kappa shape index (κ3) is 4.93. The smallest absolute Gasteiger partial charge is 0.416 e. The van der Waals surface area contributed by atoms with Gasteiger partial charge >= 0.3 is 6.18 Å². The molecule has 0 bridgehead atoms. The number of hydrogen-bond acceptors (Lipinski definition) is 1. The van der Waals surface area contributed by atoms with Gasteiger partial charge in [0.15, 0.2) is 0 Å². The number of ether oxygens (including phenoxy) is 1. The highest BCUT2D eigenvalue weighted by Gasteiger charge is 2.29. The van der Waals surface area contributed by atoms with E-state index >= 15 is 0 Å². The molecule has 0 amide bonds. The molecule has 1 nitrogen and oxygen atoms in total. The molecule has 0 radical (unpaired) electrons. The largest absolute Gasteiger partial charge is 0.488 e. The van der Waals surface area contributed by atoms with Gasteiger partial charge in [-0.05, 0) is 48.9 Å². The van der Waals surface area contributed by atoms with Crippen molar-refractivity contribution >= 4 is 0 Å². The Hall–Kier alpha value is -2.67. The minimum Gasteiger partial charge on any atom is -0.488 e. The minimum atomic E-state index is -4.34. The van der Waals surface area contributed by atoms with Crippen molar-refractivity contribution in [3.05, 3.63) is 77.4 Å². The van der Waals surface area contributed by atoms with Gasteiger partial charge in [0.25, 0.3) is 0 Å². The van der Waals surface area contributed by atoms with Crippen LogP contribution in [0.2, 0.25) is 0 Å². The molecule has 0 atom stereocenters. The van der Waals surface area contributed by atoms with Crippen LogP contribution in [0.25, 0.3) is 0 Å². The lowest BCUT2D eigenvalue weighted by molar-refractivity contribution is -0.137. The lowest BCUT2D eigenvalue weighted by Crippen LogP contribution is -2.04. The second kappa shape index (κ2) is 7.06. The fourth-order valence-electron chi connectivity index (χ4n) is 1.78. The average molecular weight is 316 g/mol. The summed E-state index contributed by atoms with van der Waals surface area (Å²) in [5.41, 5.74) is 1.38. The van der Waals surface area contributed by atoms with Crippen LogP contribution in [0, 0.1) is 11.8 Å². The predicted octanol–water partition coefficient (Wildman–Crippen LogP) is 5.06. The molecule has 2 rings (SSSR count). The van der Waals surface area contributed by atoms with Crippen molar-refractivity contribution in [1.29, 1.82) is 0 Å². The molecule has 118 valence electrons. The summed E-state index contributed by atoms with van der Waals surface area (Å²) >= 11 is 0. The van der Waals surface area contributed by atoms with E-state index in [2.05, 4.69) is 18.4 Å². The Balaban J connectivity index is 2.20. The number of halogens is 3. The Kier molecular flexibility index (Phi) is 5.13. The average Bonchev–Trinajstić information content (AvgIpc) is 2.51. The quantitative estimate of drug-likeness (QED) is 0.568. The molecular formula is C19H15F3O. The van der Waals surface area contributed by atoms with E-state index in [9.17, 15) is 13.2 Å². The van der Waals surface area contributed by atoms with Crippen LogP contribution in [0.5, 0.6) is 5.75 Å². The van der Waals surface area contributed by atoms with Crippen LogP contribution >= 0.6 is 0 Å². The van der Waals surface area contributed by atoms with Crippen LogP contribution in [-0.4, -0.2) is 6.61 Å². The molecule has 0 saturated heterocycles. The molecule has 0 N–H and O–H groups in total. The topological polar surface area (TPSA) is 9.23 Å². The zero-order valence-electron chi connectivity index (χ0n) is 12.6. The van der Waals surface area contributed by atoms with Gasteiger partial charge in [0.2, 0.25) is 0 Å². The molecule has 2 aromatic carbocycles. The summed E-state index contributed by atoms with van der Waals surface area (Å²) in [4.78, 5) is 0. The fraction of sp³-hybridized carbons (Fsp3) is 0.158. The molecule has 0 aromatic heterocycles. The molecule has 23 heavy (non-hydrogen) atoms. The summed E-state index contributed by atoms with van der Waals surface area (Å²) in [6, 6.07) is 12.0. The van der Waals surface area contributed by atoms with Crippen LogP contribution in [0.1, 0.15) is 23.6 Å². The normalized spacial score (nSPS) is 10.6. The monoisotopic (exact) mass is 316 g/mol. The van der Waals surface area contributed by atoms with E-state index in [0.29, 0.717) is 23.5 Å². The van der Waals surface area contributed by atoms with Gasteiger partial charge in [0, 0.05) is 5.56 Å². The number of alkyl halides is 3. The first kappa shape index (κ1) is 16.7. The van der Waals surface area contributed by atoms with Crippen molar-refractivity contribution in [3.63, 3.8) is 0 Å². The first-order chi connectivity index (χ1) is 10.9. The third-order valence-corrected chi connectivity index (χ3v) is 2.91. The van der Waals surface area contributed by atoms with Gasteiger partial charge in [-0.15, -0.1) is 0 Å². The van der Waals surface area contributed by atoms with Crippen molar-refractivity contribution in [2.75, 3.05) is 6.61 Å². The molecule has 0 unspecified atom stereocenters. The van der Waals surface area contributed by atoms with E-state index in [1.807, 2.05) is 19.1 Å². The highest BCUT2D eigenvalue weighted by Crippen LogP contribution is 2.29. The van der Waals surface area contributed by atoms with Crippen molar-refractivity contribution in [2.45, 2.75) is 13.1 Å². The maximum atomic E-state index is 12.5. The van der Waals surface area contributed by atoms with Gasteiger partial charge in [0.05, 0.1) is 11.1 Å². The van der Waals surface area contributed by atoms with Crippen LogP contribution < -0.4 is 4.74 Å². The Labute approximate surface area is 133 Å². The molecule has 0 saturated carbocycles. The minimum absolute atomic E-state index is 0.388. The fourth-order valence-corrected chi connectivity index (χ4v) is 1.78. The van der Waals surface area contributed by atoms with E-state index < -0.39 is 11.7 Å². The van der Waals surface area contributed by atoms with Crippen molar-refractivity contribution in [2.24, 2.45) is 0 Å². The summed E-state index contributed by atoms with van der Waals surface area (Å²) < 4.78 is 43.1. The second-order valence-electron chi connectivity index (χ2n) is 5.07. The maximum Gasteiger partial charge on any atom is 0.416 e. The third-order valence-electron chi connectivity index (χ3n) is 2.91. The molecule has 2 aromatic rings. The van der Waals surface area contributed by atoms with Crippen molar-refractivity contribution < 1.29 is 17.9 Å². The van der Waals surface area contributed by atoms with Gasteiger partial charge in [-0.25, -0.2) is 0 Å². The number of rotatable bonds is 3. The Bertz CT molecular complexity index is 747. The Morgan fingerprint density at radius 2 is 1.70 bits per heavy atom. The lowest BCUT2D eigenvalue weighted by atomic mass is 10.1. The standard InChI is InChI=1S/C19H15F3O/c1-14(2)13-23-18-6-4-3-5-16(18)10-7-15-8-11-17(12-9-15)19(20,21)22/h3-6,8-9,11-12H,1,13H2,2H3. The maximum absolute atomic E-state index is 12.5. The summed E-state index contributed by atoms with van der Waals surface area (Å²) in [6.07, 6.45) is -4.34. The molecular weight excluding hydrogens is 301 g/mol. The number of hydrogen-bond donors (Lipinski definition) is 0. The van der Waals surface area contributed by atoms with Crippen LogP contribution in [0.4, 0.5) is 13.2 Å². The van der Waals surface area contributed by atoms with Gasteiger partial charge in [-0.2, -0.15) is 13.2 Å². The zero-order valence-corrected chi connectivity index (χ0v) is 12.6. The molecule has 4 heteroatoms. The summed E-state index contributed by atoms with van der Waals surface area (Å²) in [7, 11) is 0. The number of benzene rings is 2. The van der Waals surface area contributed by atoms with E-state index in [1.54, 1.807) is 12.1 Å². The molecule has 0 heterocycles.